The Balaban J connectivity index is 0.00000441. The van der Waals surface area contributed by atoms with E-state index in [4.69, 9.17) is 0 Å². The number of halogens is 1. The van der Waals surface area contributed by atoms with E-state index in [1.807, 2.05) is 0 Å². The fourth-order valence-corrected chi connectivity index (χ4v) is 2.59. The third kappa shape index (κ3) is 7.75. The summed E-state index contributed by atoms with van der Waals surface area (Å²) in [6.45, 7) is 4.22. The Morgan fingerprint density at radius 2 is 1.45 bits per heavy atom. The fourth-order valence-electron chi connectivity index (χ4n) is 2.59. The van der Waals surface area contributed by atoms with Crippen LogP contribution < -0.4 is 34.7 Å². The predicted octanol–water partition coefficient (Wildman–Crippen LogP) is 0.588. The maximum Gasteiger partial charge on any atom is 1.00 e. The molecule has 4 heteroatoms. The van der Waals surface area contributed by atoms with Gasteiger partial charge in [0.2, 0.25) is 0 Å². The number of carbonyl (C=O) groups is 1. The molecule has 1 aromatic rings. The average Bonchev–Trinajstić information content (AvgIpc) is 2.43. The summed E-state index contributed by atoms with van der Waals surface area (Å²) in [6.07, 6.45) is 7.41. The van der Waals surface area contributed by atoms with Gasteiger partial charge in [-0.15, -0.1) is 0 Å². The molecule has 0 aliphatic rings. The van der Waals surface area contributed by atoms with Gasteiger partial charge < -0.3 is 9.90 Å². The topological polar surface area (TPSA) is 40.1 Å². The zero-order chi connectivity index (χ0) is 15.7. The van der Waals surface area contributed by atoms with Gasteiger partial charge in [-0.1, -0.05) is 51.7 Å². The molecule has 118 valence electrons. The first-order valence-corrected chi connectivity index (χ1v) is 8.08. The molecule has 0 aliphatic carbocycles. The number of benzene rings is 1. The summed E-state index contributed by atoms with van der Waals surface area (Å²) >= 11 is 0. The molecule has 0 heterocycles. The third-order valence-corrected chi connectivity index (χ3v) is 3.73. The Morgan fingerprint density at radius 3 is 1.82 bits per heavy atom. The molecule has 0 aromatic heterocycles. The van der Waals surface area contributed by atoms with E-state index in [-0.39, 0.29) is 41.8 Å². The SMILES string of the molecule is CCCCCc1cc(CC(=O)[O-])cc(CCCCC)c1F.[Na+]. The van der Waals surface area contributed by atoms with E-state index in [0.717, 1.165) is 38.5 Å². The van der Waals surface area contributed by atoms with Gasteiger partial charge in [0.25, 0.3) is 0 Å². The van der Waals surface area contributed by atoms with E-state index < -0.39 is 5.97 Å². The van der Waals surface area contributed by atoms with Gasteiger partial charge in [-0.25, -0.2) is 4.39 Å². The van der Waals surface area contributed by atoms with Crippen LogP contribution in [0.1, 0.15) is 69.1 Å². The van der Waals surface area contributed by atoms with Crippen LogP contribution in [0.5, 0.6) is 0 Å². The van der Waals surface area contributed by atoms with Gasteiger partial charge in [-0.3, -0.25) is 0 Å². The minimum absolute atomic E-state index is 0. The van der Waals surface area contributed by atoms with Crippen molar-refractivity contribution in [2.24, 2.45) is 0 Å². The summed E-state index contributed by atoms with van der Waals surface area (Å²) in [5, 5.41) is 10.8. The number of hydrogen-bond donors (Lipinski definition) is 0. The molecule has 0 atom stereocenters. The van der Waals surface area contributed by atoms with E-state index >= 15 is 0 Å². The van der Waals surface area contributed by atoms with E-state index in [0.29, 0.717) is 29.5 Å². The fraction of sp³-hybridized carbons (Fsp3) is 0.611. The van der Waals surface area contributed by atoms with Crippen LogP contribution >= 0.6 is 0 Å². The monoisotopic (exact) mass is 316 g/mol. The molecule has 0 saturated heterocycles. The van der Waals surface area contributed by atoms with Crippen molar-refractivity contribution in [2.75, 3.05) is 0 Å². The molecule has 2 nitrogen and oxygen atoms in total. The van der Waals surface area contributed by atoms with Crippen molar-refractivity contribution in [3.63, 3.8) is 0 Å². The minimum Gasteiger partial charge on any atom is -0.550 e. The van der Waals surface area contributed by atoms with Crippen molar-refractivity contribution in [1.29, 1.82) is 0 Å². The molecule has 0 aliphatic heterocycles. The first-order chi connectivity index (χ1) is 10.1. The van der Waals surface area contributed by atoms with Crippen LogP contribution in [-0.4, -0.2) is 5.97 Å². The Labute approximate surface area is 155 Å². The van der Waals surface area contributed by atoms with E-state index in [2.05, 4.69) is 13.8 Å². The van der Waals surface area contributed by atoms with Gasteiger partial charge in [-0.05, 0) is 42.4 Å². The molecule has 0 amide bonds. The first kappa shape index (κ1) is 21.6. The van der Waals surface area contributed by atoms with Crippen LogP contribution in [0.15, 0.2) is 12.1 Å². The number of carboxylic acid groups (broad SMARTS) is 1. The van der Waals surface area contributed by atoms with Gasteiger partial charge in [0.1, 0.15) is 5.82 Å². The van der Waals surface area contributed by atoms with Crippen LogP contribution in [0.25, 0.3) is 0 Å². The van der Waals surface area contributed by atoms with Gasteiger partial charge in [0, 0.05) is 12.4 Å². The Hall–Kier alpha value is -0.380. The zero-order valence-electron chi connectivity index (χ0n) is 14.2. The average molecular weight is 316 g/mol. The number of aliphatic carboxylic acids is 1. The minimum atomic E-state index is -1.11. The molecule has 0 unspecified atom stereocenters. The quantitative estimate of drug-likeness (QED) is 0.468. The summed E-state index contributed by atoms with van der Waals surface area (Å²) in [5.74, 6) is -1.25. The van der Waals surface area contributed by atoms with Crippen molar-refractivity contribution in [1.82, 2.24) is 0 Å². The molecular formula is C18H26FNaO2. The predicted molar refractivity (Wildman–Crippen MR) is 81.6 cm³/mol. The van der Waals surface area contributed by atoms with Crippen molar-refractivity contribution < 1.29 is 43.8 Å². The molecule has 22 heavy (non-hydrogen) atoms. The summed E-state index contributed by atoms with van der Waals surface area (Å²) in [5.41, 5.74) is 1.98. The first-order valence-electron chi connectivity index (χ1n) is 8.08. The van der Waals surface area contributed by atoms with Gasteiger partial charge in [0.15, 0.2) is 0 Å². The van der Waals surface area contributed by atoms with Crippen molar-refractivity contribution in [3.05, 3.63) is 34.6 Å². The van der Waals surface area contributed by atoms with Crippen LogP contribution in [0.4, 0.5) is 4.39 Å². The number of aryl methyl sites for hydroxylation is 2. The smallest absolute Gasteiger partial charge is 0.550 e. The summed E-state index contributed by atoms with van der Waals surface area (Å²) in [4.78, 5) is 10.8. The third-order valence-electron chi connectivity index (χ3n) is 3.73. The second-order valence-electron chi connectivity index (χ2n) is 5.69. The Kier molecular flexibility index (Phi) is 11.9. The number of rotatable bonds is 10. The number of hydrogen-bond acceptors (Lipinski definition) is 2. The van der Waals surface area contributed by atoms with Crippen LogP contribution in [-0.2, 0) is 24.1 Å². The molecule has 0 radical (unpaired) electrons. The number of carbonyl (C=O) groups excluding carboxylic acids is 1. The molecule has 1 aromatic carbocycles. The summed E-state index contributed by atoms with van der Waals surface area (Å²) in [7, 11) is 0. The number of carboxylic acids is 1. The Morgan fingerprint density at radius 1 is 1.00 bits per heavy atom. The molecule has 0 fully saturated rings. The maximum atomic E-state index is 14.5. The second-order valence-corrected chi connectivity index (χ2v) is 5.69. The molecular weight excluding hydrogens is 290 g/mol. The largest absolute Gasteiger partial charge is 1.00 e. The van der Waals surface area contributed by atoms with Crippen LogP contribution in [0, 0.1) is 5.82 Å². The van der Waals surface area contributed by atoms with Gasteiger partial charge in [0.05, 0.1) is 0 Å². The van der Waals surface area contributed by atoms with Crippen LogP contribution in [0.3, 0.4) is 0 Å². The summed E-state index contributed by atoms with van der Waals surface area (Å²) in [6, 6.07) is 3.40. The zero-order valence-corrected chi connectivity index (χ0v) is 16.2. The van der Waals surface area contributed by atoms with Crippen molar-refractivity contribution >= 4 is 5.97 Å². The molecule has 0 spiro atoms. The van der Waals surface area contributed by atoms with Crippen LogP contribution in [0.2, 0.25) is 0 Å². The normalized spacial score (nSPS) is 10.3. The Bertz CT molecular complexity index is 429. The molecule has 0 N–H and O–H groups in total. The van der Waals surface area contributed by atoms with Gasteiger partial charge >= 0.3 is 29.6 Å². The number of unbranched alkanes of at least 4 members (excludes halogenated alkanes) is 4. The standard InChI is InChI=1S/C18H27FO2.Na/c1-3-5-7-9-15-11-14(13-17(20)21)12-16(18(15)19)10-8-6-4-2;/h11-12H,3-10,13H2,1-2H3,(H,20,21);/q;+1/p-1. The van der Waals surface area contributed by atoms with E-state index in [1.54, 1.807) is 12.1 Å². The summed E-state index contributed by atoms with van der Waals surface area (Å²) < 4.78 is 14.5. The van der Waals surface area contributed by atoms with Gasteiger partial charge in [-0.2, -0.15) is 0 Å². The molecule has 1 rings (SSSR count). The van der Waals surface area contributed by atoms with E-state index in [9.17, 15) is 14.3 Å². The van der Waals surface area contributed by atoms with E-state index in [1.165, 1.54) is 0 Å². The molecule has 0 saturated carbocycles. The van der Waals surface area contributed by atoms with Crippen molar-refractivity contribution in [2.45, 2.75) is 71.6 Å². The second kappa shape index (κ2) is 12.1. The molecule has 0 bridgehead atoms. The van der Waals surface area contributed by atoms with Crippen molar-refractivity contribution in [3.8, 4) is 0 Å². The maximum absolute atomic E-state index is 14.5.